The molecule has 3 aromatic heterocycles. The zero-order valence-corrected chi connectivity index (χ0v) is 23.4. The monoisotopic (exact) mass is 455 g/mol. The molecule has 0 aromatic carbocycles. The summed E-state index contributed by atoms with van der Waals surface area (Å²) in [5.74, 6) is 0.939. The lowest BCUT2D eigenvalue weighted by Gasteiger charge is -2.13. The number of aryl methyl sites for hydroxylation is 1. The van der Waals surface area contributed by atoms with Crippen LogP contribution in [0.2, 0.25) is 0 Å². The van der Waals surface area contributed by atoms with Gasteiger partial charge in [-0.15, -0.1) is 0 Å². The van der Waals surface area contributed by atoms with Gasteiger partial charge in [0.15, 0.2) is 5.65 Å². The molecule has 0 fully saturated rings. The molecule has 3 heterocycles. The highest BCUT2D eigenvalue weighted by molar-refractivity contribution is 5.86. The molecule has 0 spiro atoms. The summed E-state index contributed by atoms with van der Waals surface area (Å²) in [5.41, 5.74) is 8.04. The Morgan fingerprint density at radius 3 is 2.21 bits per heavy atom. The first-order valence-electron chi connectivity index (χ1n) is 12.9. The third-order valence-electron chi connectivity index (χ3n) is 4.87. The molecular formula is C28H49N5. The van der Waals surface area contributed by atoms with Gasteiger partial charge >= 0.3 is 0 Å². The first kappa shape index (κ1) is 30.6. The fraction of sp³-hybridized carbons (Fsp3) is 0.571. The quantitative estimate of drug-likeness (QED) is 0.288. The number of imidazole rings is 2. The van der Waals surface area contributed by atoms with Gasteiger partial charge in [0, 0.05) is 12.7 Å². The molecule has 0 aliphatic rings. The zero-order chi connectivity index (χ0) is 25.6. The molecule has 0 radical (unpaired) electrons. The smallest absolute Gasteiger partial charge is 0.221 e. The molecule has 0 aliphatic heterocycles. The highest BCUT2D eigenvalue weighted by Gasteiger charge is 2.21. The predicted octanol–water partition coefficient (Wildman–Crippen LogP) is 8.18. The number of rotatable bonds is 7. The molecule has 0 aliphatic carbocycles. The van der Waals surface area contributed by atoms with Gasteiger partial charge in [0.25, 0.3) is 0 Å². The second-order valence-corrected chi connectivity index (χ2v) is 7.28. The Labute approximate surface area is 203 Å². The van der Waals surface area contributed by atoms with E-state index in [1.165, 1.54) is 22.5 Å². The topological polar surface area (TPSA) is 47.1 Å². The van der Waals surface area contributed by atoms with Crippen molar-refractivity contribution < 1.29 is 0 Å². The molecule has 3 rings (SSSR count). The van der Waals surface area contributed by atoms with E-state index in [0.29, 0.717) is 0 Å². The van der Waals surface area contributed by atoms with E-state index >= 15 is 0 Å². The lowest BCUT2D eigenvalue weighted by atomic mass is 10.1. The van der Waals surface area contributed by atoms with E-state index in [1.807, 2.05) is 53.8 Å². The second kappa shape index (κ2) is 16.2. The van der Waals surface area contributed by atoms with Gasteiger partial charge < -0.3 is 5.32 Å². The van der Waals surface area contributed by atoms with E-state index in [1.54, 1.807) is 0 Å². The molecule has 0 bridgehead atoms. The molecule has 186 valence electrons. The average Bonchev–Trinajstić information content (AvgIpc) is 3.32. The number of pyridine rings is 1. The van der Waals surface area contributed by atoms with Gasteiger partial charge in [-0.25, -0.2) is 9.97 Å². The van der Waals surface area contributed by atoms with E-state index in [9.17, 15) is 0 Å². The van der Waals surface area contributed by atoms with Gasteiger partial charge in [0.05, 0.1) is 22.6 Å². The molecular weight excluding hydrogens is 406 g/mol. The summed E-state index contributed by atoms with van der Waals surface area (Å²) >= 11 is 0. The highest BCUT2D eigenvalue weighted by Crippen LogP contribution is 2.30. The number of nitrogens with one attached hydrogen (secondary N) is 1. The maximum Gasteiger partial charge on any atom is 0.221 e. The minimum Gasteiger partial charge on any atom is -0.311 e. The van der Waals surface area contributed by atoms with E-state index in [0.717, 1.165) is 48.6 Å². The van der Waals surface area contributed by atoms with Crippen molar-refractivity contribution >= 4 is 22.6 Å². The Bertz CT molecular complexity index is 1010. The molecule has 3 aromatic rings. The fourth-order valence-electron chi connectivity index (χ4n) is 3.77. The SMILES string of the molecule is CC.CC.CC.CC/C=C(/C)C(=C(C)C)n1c2ncccc2n2c(CNCCC)c(C)nc12. The fourth-order valence-corrected chi connectivity index (χ4v) is 3.77. The molecule has 1 N–H and O–H groups in total. The summed E-state index contributed by atoms with van der Waals surface area (Å²) in [5, 5.41) is 3.53. The normalized spacial score (nSPS) is 10.6. The summed E-state index contributed by atoms with van der Waals surface area (Å²) in [6, 6.07) is 4.14. The van der Waals surface area contributed by atoms with E-state index < -0.39 is 0 Å². The van der Waals surface area contributed by atoms with Crippen molar-refractivity contribution in [2.24, 2.45) is 0 Å². The van der Waals surface area contributed by atoms with Crippen molar-refractivity contribution in [2.45, 2.75) is 102 Å². The molecule has 0 amide bonds. The zero-order valence-electron chi connectivity index (χ0n) is 23.4. The van der Waals surface area contributed by atoms with E-state index in [2.05, 4.69) is 68.0 Å². The first-order valence-corrected chi connectivity index (χ1v) is 12.9. The van der Waals surface area contributed by atoms with E-state index in [-0.39, 0.29) is 0 Å². The Balaban J connectivity index is 0.00000158. The van der Waals surface area contributed by atoms with Crippen LogP contribution in [0, 0.1) is 6.92 Å². The minimum atomic E-state index is 0.808. The van der Waals surface area contributed by atoms with Crippen molar-refractivity contribution in [1.82, 2.24) is 24.3 Å². The van der Waals surface area contributed by atoms with Crippen LogP contribution >= 0.6 is 0 Å². The maximum absolute atomic E-state index is 4.96. The molecule has 0 atom stereocenters. The summed E-state index contributed by atoms with van der Waals surface area (Å²) < 4.78 is 4.49. The molecule has 33 heavy (non-hydrogen) atoms. The van der Waals surface area contributed by atoms with Crippen LogP contribution in [-0.4, -0.2) is 25.5 Å². The lowest BCUT2D eigenvalue weighted by molar-refractivity contribution is 0.660. The van der Waals surface area contributed by atoms with Crippen molar-refractivity contribution in [3.8, 4) is 0 Å². The Hall–Kier alpha value is -2.40. The van der Waals surface area contributed by atoms with Crippen LogP contribution in [0.1, 0.15) is 100 Å². The van der Waals surface area contributed by atoms with Gasteiger partial charge in [-0.2, -0.15) is 0 Å². The van der Waals surface area contributed by atoms with Crippen LogP contribution in [-0.2, 0) is 6.54 Å². The average molecular weight is 456 g/mol. The Morgan fingerprint density at radius 2 is 1.67 bits per heavy atom. The van der Waals surface area contributed by atoms with Gasteiger partial charge in [0.1, 0.15) is 0 Å². The van der Waals surface area contributed by atoms with Crippen molar-refractivity contribution in [2.75, 3.05) is 6.54 Å². The molecule has 5 heteroatoms. The Kier molecular flexibility index (Phi) is 15.1. The molecule has 0 saturated carbocycles. The second-order valence-electron chi connectivity index (χ2n) is 7.28. The van der Waals surface area contributed by atoms with Crippen LogP contribution in [0.3, 0.4) is 0 Å². The summed E-state index contributed by atoms with van der Waals surface area (Å²) in [6.07, 6.45) is 6.26. The molecule has 0 saturated heterocycles. The van der Waals surface area contributed by atoms with Gasteiger partial charge in [-0.05, 0) is 64.8 Å². The maximum atomic E-state index is 4.96. The number of nitrogens with zero attached hydrogens (tertiary/aromatic N) is 4. The van der Waals surface area contributed by atoms with Crippen LogP contribution in [0.5, 0.6) is 0 Å². The van der Waals surface area contributed by atoms with Crippen LogP contribution in [0.4, 0.5) is 0 Å². The Morgan fingerprint density at radius 1 is 1.03 bits per heavy atom. The molecule has 5 nitrogen and oxygen atoms in total. The summed E-state index contributed by atoms with van der Waals surface area (Å²) in [6.45, 7) is 26.8. The standard InChI is InChI=1S/C22H31N5.3C2H6/c1-7-10-16(5)20(15(3)4)27-21-18(11-9-13-24-21)26-19(14-23-12-8-2)17(6)25-22(26)27;3*1-2/h9-11,13,23H,7-8,12,14H2,1-6H3;3*1-2H3/b16-10-;;;. The van der Waals surface area contributed by atoms with Crippen LogP contribution < -0.4 is 5.32 Å². The first-order chi connectivity index (χ1) is 16.0. The van der Waals surface area contributed by atoms with E-state index in [4.69, 9.17) is 9.97 Å². The summed E-state index contributed by atoms with van der Waals surface area (Å²) in [7, 11) is 0. The predicted molar refractivity (Wildman–Crippen MR) is 148 cm³/mol. The van der Waals surface area contributed by atoms with Crippen LogP contribution in [0.15, 0.2) is 35.6 Å². The van der Waals surface area contributed by atoms with Crippen LogP contribution in [0.25, 0.3) is 22.6 Å². The van der Waals surface area contributed by atoms with Crippen molar-refractivity contribution in [3.05, 3.63) is 46.9 Å². The number of aromatic nitrogens is 4. The van der Waals surface area contributed by atoms with Gasteiger partial charge in [-0.3, -0.25) is 8.97 Å². The summed E-state index contributed by atoms with van der Waals surface area (Å²) in [4.78, 5) is 9.68. The highest BCUT2D eigenvalue weighted by atomic mass is 15.2. The third-order valence-corrected chi connectivity index (χ3v) is 4.87. The number of fused-ring (bicyclic) bond motifs is 3. The van der Waals surface area contributed by atoms with Gasteiger partial charge in [-0.1, -0.05) is 67.0 Å². The minimum absolute atomic E-state index is 0.808. The number of hydrogen-bond donors (Lipinski definition) is 1. The van der Waals surface area contributed by atoms with Gasteiger partial charge in [0.2, 0.25) is 5.78 Å². The van der Waals surface area contributed by atoms with Crippen molar-refractivity contribution in [1.29, 1.82) is 0 Å². The number of allylic oxidation sites excluding steroid dienone is 4. The lowest BCUT2D eigenvalue weighted by Crippen LogP contribution is -2.15. The third kappa shape index (κ3) is 7.04. The number of hydrogen-bond acceptors (Lipinski definition) is 3. The van der Waals surface area contributed by atoms with Crippen molar-refractivity contribution in [3.63, 3.8) is 0 Å². The molecule has 0 unspecified atom stereocenters. The largest absolute Gasteiger partial charge is 0.311 e.